The van der Waals surface area contributed by atoms with E-state index in [1.165, 1.54) is 29.0 Å². The summed E-state index contributed by atoms with van der Waals surface area (Å²) < 4.78 is 33.6. The highest BCUT2D eigenvalue weighted by Crippen LogP contribution is 2.27. The lowest BCUT2D eigenvalue weighted by Crippen LogP contribution is -2.32. The van der Waals surface area contributed by atoms with Gasteiger partial charge in [0.1, 0.15) is 11.2 Å². The van der Waals surface area contributed by atoms with Gasteiger partial charge in [-0.1, -0.05) is 6.07 Å². The maximum absolute atomic E-state index is 13.5. The summed E-state index contributed by atoms with van der Waals surface area (Å²) in [7, 11) is 0. The minimum Gasteiger partial charge on any atom is -0.439 e. The van der Waals surface area contributed by atoms with Gasteiger partial charge in [0.2, 0.25) is 5.89 Å². The van der Waals surface area contributed by atoms with Crippen LogP contribution in [0, 0.1) is 11.6 Å². The molecule has 0 aliphatic heterocycles. The molecule has 0 radical (unpaired) electrons. The molecule has 0 fully saturated rings. The van der Waals surface area contributed by atoms with Gasteiger partial charge in [0.05, 0.1) is 19.3 Å². The lowest BCUT2D eigenvalue weighted by Gasteiger charge is -2.09. The number of hydrogen-bond acceptors (Lipinski definition) is 5. The highest BCUT2D eigenvalue weighted by molar-refractivity contribution is 5.94. The number of oxazole rings is 1. The van der Waals surface area contributed by atoms with Crippen LogP contribution in [0.25, 0.3) is 22.4 Å². The predicted octanol–water partition coefficient (Wildman–Crippen LogP) is 3.64. The van der Waals surface area contributed by atoms with Crippen molar-refractivity contribution in [3.8, 4) is 11.3 Å². The van der Waals surface area contributed by atoms with Crippen LogP contribution in [0.3, 0.4) is 0 Å². The van der Waals surface area contributed by atoms with Crippen molar-refractivity contribution < 1.29 is 18.0 Å². The fraction of sp³-hybridized carbons (Fsp3) is 0.0833. The summed E-state index contributed by atoms with van der Waals surface area (Å²) in [4.78, 5) is 36.9. The number of rotatable bonds is 6. The van der Waals surface area contributed by atoms with E-state index in [1.54, 1.807) is 18.6 Å². The second-order valence-electron chi connectivity index (χ2n) is 7.51. The van der Waals surface area contributed by atoms with Crippen molar-refractivity contribution in [2.75, 3.05) is 0 Å². The Balaban J connectivity index is 1.29. The van der Waals surface area contributed by atoms with Gasteiger partial charge in [0, 0.05) is 29.5 Å². The average molecular weight is 461 g/mol. The SMILES string of the molecule is O=C(NCc1ncc(-c2c[nH]c3ncccc23)o1)c1cccn(Cc2ccc(F)c(F)c2)c1=O. The predicted molar refractivity (Wildman–Crippen MR) is 119 cm³/mol. The Bertz CT molecular complexity index is 1570. The standard InChI is InChI=1S/C24H17F2N5O3/c25-18-6-5-14(9-19(18)26)13-31-8-2-4-16(24(31)33)23(32)30-12-21-28-11-20(34-21)17-10-29-22-15(17)3-1-7-27-22/h1-11H,12-13H2,(H,27,29)(H,30,32). The third-order valence-corrected chi connectivity index (χ3v) is 5.27. The van der Waals surface area contributed by atoms with Crippen molar-refractivity contribution in [3.05, 3.63) is 106 Å². The van der Waals surface area contributed by atoms with Crippen LogP contribution in [-0.2, 0) is 13.1 Å². The van der Waals surface area contributed by atoms with Crippen molar-refractivity contribution in [1.82, 2.24) is 24.8 Å². The summed E-state index contributed by atoms with van der Waals surface area (Å²) in [6.45, 7) is -0.0450. The number of benzene rings is 1. The Kier molecular flexibility index (Phi) is 5.46. The third kappa shape index (κ3) is 4.08. The fourth-order valence-corrected chi connectivity index (χ4v) is 3.60. The molecule has 0 aliphatic carbocycles. The molecule has 0 spiro atoms. The molecule has 4 heterocycles. The number of halogens is 2. The van der Waals surface area contributed by atoms with Gasteiger partial charge in [0.25, 0.3) is 11.5 Å². The summed E-state index contributed by atoms with van der Waals surface area (Å²) in [6, 6.07) is 10.0. The highest BCUT2D eigenvalue weighted by Gasteiger charge is 2.15. The minimum atomic E-state index is -1.01. The van der Waals surface area contributed by atoms with Crippen LogP contribution >= 0.6 is 0 Å². The highest BCUT2D eigenvalue weighted by atomic mass is 19.2. The number of hydrogen-bond donors (Lipinski definition) is 2. The van der Waals surface area contributed by atoms with Crippen LogP contribution in [-0.4, -0.2) is 25.4 Å². The molecule has 1 amide bonds. The van der Waals surface area contributed by atoms with E-state index in [0.717, 1.165) is 23.1 Å². The van der Waals surface area contributed by atoms with Crippen molar-refractivity contribution in [1.29, 1.82) is 0 Å². The Morgan fingerprint density at radius 3 is 2.85 bits per heavy atom. The average Bonchev–Trinajstić information content (AvgIpc) is 3.48. The molecule has 1 aromatic carbocycles. The number of fused-ring (bicyclic) bond motifs is 1. The van der Waals surface area contributed by atoms with Crippen LogP contribution in [0.5, 0.6) is 0 Å². The van der Waals surface area contributed by atoms with Gasteiger partial charge < -0.3 is 19.3 Å². The molecule has 34 heavy (non-hydrogen) atoms. The summed E-state index contributed by atoms with van der Waals surface area (Å²) >= 11 is 0. The summed E-state index contributed by atoms with van der Waals surface area (Å²) in [5.41, 5.74) is 1.23. The van der Waals surface area contributed by atoms with E-state index in [-0.39, 0.29) is 24.5 Å². The second kappa shape index (κ2) is 8.74. The van der Waals surface area contributed by atoms with Crippen LogP contribution in [0.4, 0.5) is 8.78 Å². The van der Waals surface area contributed by atoms with Gasteiger partial charge in [-0.05, 0) is 42.0 Å². The van der Waals surface area contributed by atoms with Gasteiger partial charge in [0.15, 0.2) is 17.4 Å². The molecule has 4 aromatic heterocycles. The number of pyridine rings is 2. The van der Waals surface area contributed by atoms with E-state index < -0.39 is 23.1 Å². The number of aromatic amines is 1. The Labute approximate surface area is 190 Å². The molecule has 10 heteroatoms. The Hall–Kier alpha value is -4.60. The number of carbonyl (C=O) groups excluding carboxylic acids is 1. The minimum absolute atomic E-state index is 0.0142. The topological polar surface area (TPSA) is 106 Å². The maximum Gasteiger partial charge on any atom is 0.263 e. The molecule has 5 rings (SSSR count). The fourth-order valence-electron chi connectivity index (χ4n) is 3.60. The van der Waals surface area contributed by atoms with Crippen molar-refractivity contribution >= 4 is 16.9 Å². The number of nitrogens with one attached hydrogen (secondary N) is 2. The first-order valence-electron chi connectivity index (χ1n) is 10.3. The number of aromatic nitrogens is 4. The van der Waals surface area contributed by atoms with E-state index in [1.807, 2.05) is 12.1 Å². The number of amides is 1. The molecule has 0 aliphatic rings. The molecule has 0 unspecified atom stereocenters. The van der Waals surface area contributed by atoms with E-state index in [0.29, 0.717) is 17.0 Å². The first-order chi connectivity index (χ1) is 16.5. The van der Waals surface area contributed by atoms with Gasteiger partial charge in [-0.2, -0.15) is 0 Å². The zero-order chi connectivity index (χ0) is 23.7. The lowest BCUT2D eigenvalue weighted by molar-refractivity contribution is 0.0945. The number of nitrogens with zero attached hydrogens (tertiary/aromatic N) is 3. The van der Waals surface area contributed by atoms with Crippen LogP contribution < -0.4 is 10.9 Å². The first-order valence-corrected chi connectivity index (χ1v) is 10.3. The molecule has 8 nitrogen and oxygen atoms in total. The van der Waals surface area contributed by atoms with Crippen molar-refractivity contribution in [2.24, 2.45) is 0 Å². The van der Waals surface area contributed by atoms with E-state index in [4.69, 9.17) is 4.42 Å². The quantitative estimate of drug-likeness (QED) is 0.402. The summed E-state index contributed by atoms with van der Waals surface area (Å²) in [5, 5.41) is 3.50. The van der Waals surface area contributed by atoms with Gasteiger partial charge in [-0.25, -0.2) is 18.7 Å². The third-order valence-electron chi connectivity index (χ3n) is 5.27. The van der Waals surface area contributed by atoms with Crippen LogP contribution in [0.2, 0.25) is 0 Å². The normalized spacial score (nSPS) is 11.1. The van der Waals surface area contributed by atoms with Gasteiger partial charge in [-0.3, -0.25) is 9.59 Å². The molecule has 0 saturated carbocycles. The number of carbonyl (C=O) groups is 1. The molecule has 0 atom stereocenters. The monoisotopic (exact) mass is 461 g/mol. The van der Waals surface area contributed by atoms with E-state index in [9.17, 15) is 18.4 Å². The van der Waals surface area contributed by atoms with E-state index >= 15 is 0 Å². The molecule has 170 valence electrons. The Morgan fingerprint density at radius 2 is 2.00 bits per heavy atom. The molecule has 0 bridgehead atoms. The number of H-pyrrole nitrogens is 1. The molecular formula is C24H17F2N5O3. The zero-order valence-electron chi connectivity index (χ0n) is 17.6. The van der Waals surface area contributed by atoms with Gasteiger partial charge in [-0.15, -0.1) is 0 Å². The summed E-state index contributed by atoms with van der Waals surface area (Å²) in [6.07, 6.45) is 6.46. The second-order valence-corrected chi connectivity index (χ2v) is 7.51. The van der Waals surface area contributed by atoms with Crippen molar-refractivity contribution in [3.63, 3.8) is 0 Å². The lowest BCUT2D eigenvalue weighted by atomic mass is 10.2. The maximum atomic E-state index is 13.5. The molecular weight excluding hydrogens is 444 g/mol. The molecule has 2 N–H and O–H groups in total. The molecule has 5 aromatic rings. The van der Waals surface area contributed by atoms with E-state index in [2.05, 4.69) is 20.3 Å². The van der Waals surface area contributed by atoms with Crippen LogP contribution in [0.15, 0.2) is 76.5 Å². The zero-order valence-corrected chi connectivity index (χ0v) is 17.6. The van der Waals surface area contributed by atoms with Crippen LogP contribution in [0.1, 0.15) is 21.8 Å². The smallest absolute Gasteiger partial charge is 0.263 e. The first kappa shape index (κ1) is 21.3. The summed E-state index contributed by atoms with van der Waals surface area (Å²) in [5.74, 6) is -1.81. The Morgan fingerprint density at radius 1 is 1.12 bits per heavy atom. The molecule has 0 saturated heterocycles. The van der Waals surface area contributed by atoms with Gasteiger partial charge >= 0.3 is 0 Å². The van der Waals surface area contributed by atoms with Crippen molar-refractivity contribution in [2.45, 2.75) is 13.1 Å². The largest absolute Gasteiger partial charge is 0.439 e.